The van der Waals surface area contributed by atoms with Crippen molar-refractivity contribution < 1.29 is 0 Å². The third-order valence-corrected chi connectivity index (χ3v) is 4.94. The number of nitrogens with zero attached hydrogens (tertiary/aromatic N) is 2. The molecule has 1 fully saturated rings. The normalized spacial score (nSPS) is 25.2. The molecule has 1 aromatic rings. The van der Waals surface area contributed by atoms with Crippen LogP contribution in [0.5, 0.6) is 0 Å². The van der Waals surface area contributed by atoms with Crippen LogP contribution in [0.15, 0.2) is 18.2 Å². The molecule has 2 rings (SSSR count). The standard InChI is InChI=1S/C18H31N3/c1-14-8-6-10-16(20-14)13-21(5)12-15-9-7-11-18(2,3)17(15)19-4/h6,8,10,15,17,19H,7,9,11-13H2,1-5H3. The molecule has 118 valence electrons. The lowest BCUT2D eigenvalue weighted by atomic mass is 9.68. The predicted octanol–water partition coefficient (Wildman–Crippen LogP) is 3.24. The van der Waals surface area contributed by atoms with Gasteiger partial charge in [-0.1, -0.05) is 26.3 Å². The number of nitrogens with one attached hydrogen (secondary N) is 1. The lowest BCUT2D eigenvalue weighted by molar-refractivity contribution is 0.0885. The fraction of sp³-hybridized carbons (Fsp3) is 0.722. The first-order valence-corrected chi connectivity index (χ1v) is 8.21. The first-order valence-electron chi connectivity index (χ1n) is 8.21. The van der Waals surface area contributed by atoms with Crippen molar-refractivity contribution in [1.82, 2.24) is 15.2 Å². The number of rotatable bonds is 5. The van der Waals surface area contributed by atoms with Gasteiger partial charge in [0.15, 0.2) is 0 Å². The molecule has 21 heavy (non-hydrogen) atoms. The minimum absolute atomic E-state index is 0.403. The van der Waals surface area contributed by atoms with Gasteiger partial charge in [-0.05, 0) is 57.3 Å². The Bertz CT molecular complexity index is 456. The minimum atomic E-state index is 0.403. The van der Waals surface area contributed by atoms with E-state index in [1.54, 1.807) is 0 Å². The zero-order chi connectivity index (χ0) is 15.5. The summed E-state index contributed by atoms with van der Waals surface area (Å²) in [6.45, 7) is 8.95. The van der Waals surface area contributed by atoms with E-state index in [0.29, 0.717) is 11.5 Å². The minimum Gasteiger partial charge on any atom is -0.316 e. The van der Waals surface area contributed by atoms with E-state index in [4.69, 9.17) is 0 Å². The van der Waals surface area contributed by atoms with E-state index in [-0.39, 0.29) is 0 Å². The lowest BCUT2D eigenvalue weighted by Gasteiger charge is -2.45. The molecule has 0 aliphatic heterocycles. The van der Waals surface area contributed by atoms with Crippen LogP contribution in [-0.4, -0.2) is 36.6 Å². The molecule has 0 spiro atoms. The summed E-state index contributed by atoms with van der Waals surface area (Å²) < 4.78 is 0. The van der Waals surface area contributed by atoms with Crippen LogP contribution in [0.25, 0.3) is 0 Å². The summed E-state index contributed by atoms with van der Waals surface area (Å²) in [7, 11) is 4.34. The van der Waals surface area contributed by atoms with Gasteiger partial charge in [0.05, 0.1) is 5.69 Å². The van der Waals surface area contributed by atoms with Gasteiger partial charge in [-0.25, -0.2) is 0 Å². The van der Waals surface area contributed by atoms with Crippen LogP contribution in [0.3, 0.4) is 0 Å². The number of hydrogen-bond donors (Lipinski definition) is 1. The quantitative estimate of drug-likeness (QED) is 0.902. The van der Waals surface area contributed by atoms with Crippen molar-refractivity contribution in [2.24, 2.45) is 11.3 Å². The van der Waals surface area contributed by atoms with Gasteiger partial charge in [-0.15, -0.1) is 0 Å². The molecule has 1 aromatic heterocycles. The van der Waals surface area contributed by atoms with Crippen LogP contribution < -0.4 is 5.32 Å². The summed E-state index contributed by atoms with van der Waals surface area (Å²) in [5, 5.41) is 3.58. The van der Waals surface area contributed by atoms with Crippen LogP contribution in [-0.2, 0) is 6.54 Å². The van der Waals surface area contributed by atoms with Crippen molar-refractivity contribution >= 4 is 0 Å². The van der Waals surface area contributed by atoms with Gasteiger partial charge in [0.2, 0.25) is 0 Å². The van der Waals surface area contributed by atoms with E-state index in [1.165, 1.54) is 25.0 Å². The summed E-state index contributed by atoms with van der Waals surface area (Å²) in [6, 6.07) is 6.90. The van der Waals surface area contributed by atoms with Gasteiger partial charge in [0.25, 0.3) is 0 Å². The Morgan fingerprint density at radius 2 is 2.14 bits per heavy atom. The second-order valence-electron chi connectivity index (χ2n) is 7.37. The highest BCUT2D eigenvalue weighted by Gasteiger charge is 2.38. The SMILES string of the molecule is CNC1C(CN(C)Cc2cccc(C)n2)CCCC1(C)C. The van der Waals surface area contributed by atoms with Crippen molar-refractivity contribution in [3.63, 3.8) is 0 Å². The highest BCUT2D eigenvalue weighted by atomic mass is 15.1. The van der Waals surface area contributed by atoms with Crippen molar-refractivity contribution in [3.05, 3.63) is 29.6 Å². The van der Waals surface area contributed by atoms with Gasteiger partial charge in [0.1, 0.15) is 0 Å². The van der Waals surface area contributed by atoms with Crippen LogP contribution >= 0.6 is 0 Å². The number of pyridine rings is 1. The summed E-state index contributed by atoms with van der Waals surface area (Å²) in [4.78, 5) is 7.05. The van der Waals surface area contributed by atoms with E-state index >= 15 is 0 Å². The van der Waals surface area contributed by atoms with Crippen LogP contribution in [0.1, 0.15) is 44.5 Å². The average molecular weight is 289 g/mol. The topological polar surface area (TPSA) is 28.2 Å². The smallest absolute Gasteiger partial charge is 0.0547 e. The van der Waals surface area contributed by atoms with Crippen LogP contribution in [0, 0.1) is 18.3 Å². The van der Waals surface area contributed by atoms with Gasteiger partial charge < -0.3 is 10.2 Å². The van der Waals surface area contributed by atoms with Crippen molar-refractivity contribution in [1.29, 1.82) is 0 Å². The maximum atomic E-state index is 4.62. The molecule has 0 radical (unpaired) electrons. The van der Waals surface area contributed by atoms with Crippen molar-refractivity contribution in [3.8, 4) is 0 Å². The molecular formula is C18H31N3. The van der Waals surface area contributed by atoms with E-state index in [0.717, 1.165) is 24.7 Å². The molecule has 1 heterocycles. The Labute approximate surface area is 130 Å². The largest absolute Gasteiger partial charge is 0.316 e. The maximum Gasteiger partial charge on any atom is 0.0547 e. The summed E-state index contributed by atoms with van der Waals surface area (Å²) in [6.07, 6.45) is 4.02. The molecule has 1 saturated carbocycles. The molecule has 0 aromatic carbocycles. The monoisotopic (exact) mass is 289 g/mol. The van der Waals surface area contributed by atoms with E-state index in [9.17, 15) is 0 Å². The second kappa shape index (κ2) is 6.89. The van der Waals surface area contributed by atoms with Gasteiger partial charge >= 0.3 is 0 Å². The number of aromatic nitrogens is 1. The van der Waals surface area contributed by atoms with E-state index < -0.39 is 0 Å². The number of hydrogen-bond acceptors (Lipinski definition) is 3. The average Bonchev–Trinajstić information content (AvgIpc) is 2.37. The highest BCUT2D eigenvalue weighted by molar-refractivity contribution is 5.09. The molecule has 1 aliphatic carbocycles. The van der Waals surface area contributed by atoms with Gasteiger partial charge in [-0.2, -0.15) is 0 Å². The zero-order valence-electron chi connectivity index (χ0n) is 14.3. The highest BCUT2D eigenvalue weighted by Crippen LogP contribution is 2.39. The molecule has 1 aliphatic rings. The van der Waals surface area contributed by atoms with Crippen LogP contribution in [0.4, 0.5) is 0 Å². The fourth-order valence-electron chi connectivity index (χ4n) is 4.03. The fourth-order valence-corrected chi connectivity index (χ4v) is 4.03. The Morgan fingerprint density at radius 1 is 1.38 bits per heavy atom. The molecular weight excluding hydrogens is 258 g/mol. The molecule has 3 nitrogen and oxygen atoms in total. The third kappa shape index (κ3) is 4.27. The Kier molecular flexibility index (Phi) is 5.39. The zero-order valence-corrected chi connectivity index (χ0v) is 14.3. The summed E-state index contributed by atoms with van der Waals surface area (Å²) in [5.74, 6) is 0.730. The third-order valence-electron chi connectivity index (χ3n) is 4.94. The summed E-state index contributed by atoms with van der Waals surface area (Å²) in [5.41, 5.74) is 2.68. The Morgan fingerprint density at radius 3 is 2.81 bits per heavy atom. The molecule has 0 saturated heterocycles. The number of aryl methyl sites for hydroxylation is 1. The second-order valence-corrected chi connectivity index (χ2v) is 7.37. The first-order chi connectivity index (χ1) is 9.92. The molecule has 2 unspecified atom stereocenters. The van der Waals surface area contributed by atoms with Crippen LogP contribution in [0.2, 0.25) is 0 Å². The van der Waals surface area contributed by atoms with Crippen molar-refractivity contribution in [2.45, 2.75) is 52.6 Å². The molecule has 3 heteroatoms. The maximum absolute atomic E-state index is 4.62. The lowest BCUT2D eigenvalue weighted by Crippen LogP contribution is -2.51. The molecule has 1 N–H and O–H groups in total. The van der Waals surface area contributed by atoms with Crippen molar-refractivity contribution in [2.75, 3.05) is 20.6 Å². The van der Waals surface area contributed by atoms with Gasteiger partial charge in [-0.3, -0.25) is 4.98 Å². The Balaban J connectivity index is 1.96. The molecule has 0 amide bonds. The molecule has 0 bridgehead atoms. The summed E-state index contributed by atoms with van der Waals surface area (Å²) >= 11 is 0. The molecule has 2 atom stereocenters. The first kappa shape index (κ1) is 16.4. The van der Waals surface area contributed by atoms with E-state index in [2.05, 4.69) is 68.3 Å². The Hall–Kier alpha value is -0.930. The van der Waals surface area contributed by atoms with Gasteiger partial charge in [0, 0.05) is 24.8 Å². The van der Waals surface area contributed by atoms with E-state index in [1.807, 2.05) is 0 Å². The predicted molar refractivity (Wildman–Crippen MR) is 89.3 cm³/mol.